The second-order valence-corrected chi connectivity index (χ2v) is 6.30. The Labute approximate surface area is 115 Å². The Hall–Kier alpha value is -0.980. The van der Waals surface area contributed by atoms with Crippen LogP contribution in [0.5, 0.6) is 0 Å². The molecule has 0 fully saturated rings. The molecule has 2 N–H and O–H groups in total. The number of carboxylic acids is 1. The Morgan fingerprint density at radius 2 is 1.94 bits per heavy atom. The molecule has 0 aliphatic rings. The molecule has 0 radical (unpaired) electrons. The minimum Gasteiger partial charge on any atom is -0.481 e. The van der Waals surface area contributed by atoms with E-state index >= 15 is 0 Å². The number of rotatable bonds is 5. The average molecular weight is 312 g/mol. The molecule has 0 bridgehead atoms. The molecule has 0 aliphatic carbocycles. The monoisotopic (exact) mass is 311 g/mol. The van der Waals surface area contributed by atoms with Crippen molar-refractivity contribution in [2.24, 2.45) is 0 Å². The molecule has 1 aromatic carbocycles. The highest BCUT2D eigenvalue weighted by atomic mass is 35.5. The largest absolute Gasteiger partial charge is 0.481 e. The number of sulfonamides is 1. The Morgan fingerprint density at radius 1 is 1.33 bits per heavy atom. The standard InChI is InChI=1S/C10H11Cl2NO4S/c1-6-4-8(12)9(5-7(6)11)13-18(16,17)3-2-10(14)15/h4-5,13H,2-3H2,1H3,(H,14,15). The fraction of sp³-hybridized carbons (Fsp3) is 0.300. The number of carbonyl (C=O) groups is 1. The maximum atomic E-state index is 11.6. The lowest BCUT2D eigenvalue weighted by molar-refractivity contribution is -0.136. The first-order valence-electron chi connectivity index (χ1n) is 4.89. The first-order chi connectivity index (χ1) is 8.21. The molecule has 8 heteroatoms. The number of anilines is 1. The smallest absolute Gasteiger partial charge is 0.304 e. The minimum absolute atomic E-state index is 0.137. The summed E-state index contributed by atoms with van der Waals surface area (Å²) in [6.45, 7) is 1.73. The van der Waals surface area contributed by atoms with E-state index in [1.807, 2.05) is 0 Å². The zero-order valence-corrected chi connectivity index (χ0v) is 11.7. The fourth-order valence-electron chi connectivity index (χ4n) is 1.16. The molecular formula is C10H11Cl2NO4S. The van der Waals surface area contributed by atoms with Gasteiger partial charge in [-0.2, -0.15) is 0 Å². The molecule has 0 atom stereocenters. The third kappa shape index (κ3) is 4.36. The third-order valence-electron chi connectivity index (χ3n) is 2.10. The van der Waals surface area contributed by atoms with E-state index in [-0.39, 0.29) is 10.7 Å². The predicted octanol–water partition coefficient (Wildman–Crippen LogP) is 2.52. The van der Waals surface area contributed by atoms with Gasteiger partial charge >= 0.3 is 5.97 Å². The van der Waals surface area contributed by atoms with Crippen molar-refractivity contribution in [2.45, 2.75) is 13.3 Å². The van der Waals surface area contributed by atoms with Crippen LogP contribution in [0.1, 0.15) is 12.0 Å². The summed E-state index contributed by atoms with van der Waals surface area (Å²) in [7, 11) is -3.76. The van der Waals surface area contributed by atoms with Crippen molar-refractivity contribution in [2.75, 3.05) is 10.5 Å². The van der Waals surface area contributed by atoms with Gasteiger partial charge in [-0.15, -0.1) is 0 Å². The molecule has 18 heavy (non-hydrogen) atoms. The maximum absolute atomic E-state index is 11.6. The van der Waals surface area contributed by atoms with Gasteiger partial charge in [0.2, 0.25) is 10.0 Å². The van der Waals surface area contributed by atoms with Crippen molar-refractivity contribution in [1.29, 1.82) is 0 Å². The van der Waals surface area contributed by atoms with E-state index in [4.69, 9.17) is 28.3 Å². The second-order valence-electron chi connectivity index (χ2n) is 3.65. The van der Waals surface area contributed by atoms with E-state index in [0.717, 1.165) is 5.56 Å². The minimum atomic E-state index is -3.76. The number of benzene rings is 1. The van der Waals surface area contributed by atoms with Crippen LogP contribution in [0.15, 0.2) is 12.1 Å². The number of hydrogen-bond acceptors (Lipinski definition) is 3. The van der Waals surface area contributed by atoms with Crippen molar-refractivity contribution in [3.8, 4) is 0 Å². The average Bonchev–Trinajstić information content (AvgIpc) is 2.23. The molecule has 0 unspecified atom stereocenters. The lowest BCUT2D eigenvalue weighted by Gasteiger charge is -2.10. The van der Waals surface area contributed by atoms with Gasteiger partial charge in [0.05, 0.1) is 22.9 Å². The van der Waals surface area contributed by atoms with Crippen LogP contribution < -0.4 is 4.72 Å². The summed E-state index contributed by atoms with van der Waals surface area (Å²) >= 11 is 11.7. The van der Waals surface area contributed by atoms with Crippen LogP contribution in [0, 0.1) is 6.92 Å². The van der Waals surface area contributed by atoms with Gasteiger partial charge < -0.3 is 5.11 Å². The van der Waals surface area contributed by atoms with Crippen LogP contribution in [-0.2, 0) is 14.8 Å². The molecule has 1 aromatic rings. The predicted molar refractivity (Wildman–Crippen MR) is 70.9 cm³/mol. The quantitative estimate of drug-likeness (QED) is 0.875. The number of aryl methyl sites for hydroxylation is 1. The highest BCUT2D eigenvalue weighted by Gasteiger charge is 2.15. The zero-order valence-electron chi connectivity index (χ0n) is 9.41. The van der Waals surface area contributed by atoms with E-state index in [2.05, 4.69) is 4.72 Å². The normalized spacial score (nSPS) is 11.3. The van der Waals surface area contributed by atoms with E-state index in [1.54, 1.807) is 6.92 Å². The molecule has 5 nitrogen and oxygen atoms in total. The Kier molecular flexibility index (Phi) is 4.84. The van der Waals surface area contributed by atoms with Crippen LogP contribution in [0.4, 0.5) is 5.69 Å². The van der Waals surface area contributed by atoms with Gasteiger partial charge in [0.15, 0.2) is 0 Å². The highest BCUT2D eigenvalue weighted by Crippen LogP contribution is 2.29. The van der Waals surface area contributed by atoms with Crippen molar-refractivity contribution < 1.29 is 18.3 Å². The van der Waals surface area contributed by atoms with Crippen LogP contribution in [0.2, 0.25) is 10.0 Å². The van der Waals surface area contributed by atoms with Gasteiger partial charge in [0.1, 0.15) is 0 Å². The molecule has 0 heterocycles. The zero-order chi connectivity index (χ0) is 13.9. The maximum Gasteiger partial charge on any atom is 0.304 e. The molecule has 0 saturated heterocycles. The van der Waals surface area contributed by atoms with Gasteiger partial charge in [0.25, 0.3) is 0 Å². The van der Waals surface area contributed by atoms with E-state index in [9.17, 15) is 13.2 Å². The van der Waals surface area contributed by atoms with Crippen LogP contribution in [0.25, 0.3) is 0 Å². The third-order valence-corrected chi connectivity index (χ3v) is 4.09. The van der Waals surface area contributed by atoms with Gasteiger partial charge in [-0.25, -0.2) is 8.42 Å². The molecule has 1 rings (SSSR count). The Bertz CT molecular complexity index is 571. The lowest BCUT2D eigenvalue weighted by Crippen LogP contribution is -2.19. The number of halogens is 2. The summed E-state index contributed by atoms with van der Waals surface area (Å²) in [6.07, 6.45) is -0.480. The molecule has 0 amide bonds. The first kappa shape index (κ1) is 15.1. The van der Waals surface area contributed by atoms with Gasteiger partial charge in [-0.05, 0) is 24.6 Å². The fourth-order valence-corrected chi connectivity index (χ4v) is 2.70. The Morgan fingerprint density at radius 3 is 2.50 bits per heavy atom. The second kappa shape index (κ2) is 5.77. The first-order valence-corrected chi connectivity index (χ1v) is 7.30. The SMILES string of the molecule is Cc1cc(Cl)c(NS(=O)(=O)CCC(=O)O)cc1Cl. The summed E-state index contributed by atoms with van der Waals surface area (Å²) < 4.78 is 25.4. The van der Waals surface area contributed by atoms with Crippen molar-refractivity contribution in [3.63, 3.8) is 0 Å². The molecular weight excluding hydrogens is 301 g/mol. The van der Waals surface area contributed by atoms with Crippen LogP contribution in [-0.4, -0.2) is 25.2 Å². The number of aliphatic carboxylic acids is 1. The summed E-state index contributed by atoms with van der Waals surface area (Å²) in [5, 5.41) is 9.01. The van der Waals surface area contributed by atoms with Gasteiger partial charge in [-0.1, -0.05) is 23.2 Å². The molecule has 0 saturated carbocycles. The summed E-state index contributed by atoms with van der Waals surface area (Å²) in [5.74, 6) is -1.71. The summed E-state index contributed by atoms with van der Waals surface area (Å²) in [6, 6.07) is 2.91. The van der Waals surface area contributed by atoms with Gasteiger partial charge in [0, 0.05) is 5.02 Å². The van der Waals surface area contributed by atoms with Crippen LogP contribution in [0.3, 0.4) is 0 Å². The van der Waals surface area contributed by atoms with Gasteiger partial charge in [-0.3, -0.25) is 9.52 Å². The van der Waals surface area contributed by atoms with Crippen molar-refractivity contribution >= 4 is 44.9 Å². The number of carboxylic acid groups (broad SMARTS) is 1. The number of hydrogen-bond donors (Lipinski definition) is 2. The van der Waals surface area contributed by atoms with Crippen molar-refractivity contribution in [1.82, 2.24) is 0 Å². The topological polar surface area (TPSA) is 83.5 Å². The van der Waals surface area contributed by atoms with E-state index < -0.39 is 28.2 Å². The summed E-state index contributed by atoms with van der Waals surface area (Å²) in [5.41, 5.74) is 0.854. The molecule has 100 valence electrons. The van der Waals surface area contributed by atoms with Crippen molar-refractivity contribution in [3.05, 3.63) is 27.7 Å². The highest BCUT2D eigenvalue weighted by molar-refractivity contribution is 7.92. The molecule has 0 aliphatic heterocycles. The van der Waals surface area contributed by atoms with Crippen LogP contribution >= 0.6 is 23.2 Å². The molecule has 0 spiro atoms. The Balaban J connectivity index is 2.91. The lowest BCUT2D eigenvalue weighted by atomic mass is 10.2. The van der Waals surface area contributed by atoms with E-state index in [1.165, 1.54) is 12.1 Å². The number of nitrogens with one attached hydrogen (secondary N) is 1. The van der Waals surface area contributed by atoms with E-state index in [0.29, 0.717) is 5.02 Å². The summed E-state index contributed by atoms with van der Waals surface area (Å²) in [4.78, 5) is 10.3. The molecule has 0 aromatic heterocycles.